The van der Waals surface area contributed by atoms with E-state index >= 15 is 0 Å². The molecule has 1 N–H and O–H groups in total. The van der Waals surface area contributed by atoms with E-state index in [1.165, 1.54) is 12.1 Å². The number of nitrogens with zero attached hydrogens (tertiary/aromatic N) is 3. The van der Waals surface area contributed by atoms with E-state index in [0.717, 1.165) is 18.5 Å². The van der Waals surface area contributed by atoms with Crippen LogP contribution in [0.1, 0.15) is 41.0 Å². The number of hydrogen-bond acceptors (Lipinski definition) is 4. The molecule has 2 fully saturated rings. The molecule has 0 saturated carbocycles. The second-order valence-corrected chi connectivity index (χ2v) is 7.51. The fourth-order valence-corrected chi connectivity index (χ4v) is 4.10. The molecule has 1 atom stereocenters. The smallest absolute Gasteiger partial charge is 0.407 e. The van der Waals surface area contributed by atoms with Crippen LogP contribution in [0, 0.1) is 19.7 Å². The first-order valence-corrected chi connectivity index (χ1v) is 9.47. The Kier molecular flexibility index (Phi) is 4.56. The fraction of sp³-hybridized carbons (Fsp3) is 0.450. The van der Waals surface area contributed by atoms with Gasteiger partial charge in [0.15, 0.2) is 0 Å². The molecule has 7 nitrogen and oxygen atoms in total. The number of carbonyl (C=O) groups excluding carboxylic acids is 2. The molecule has 1 aromatic carbocycles. The third kappa shape index (κ3) is 3.23. The Morgan fingerprint density at radius 2 is 1.96 bits per heavy atom. The number of ether oxygens (including phenoxy) is 1. The lowest BCUT2D eigenvalue weighted by atomic mass is 9.95. The number of aromatic nitrogens is 2. The maximum atomic E-state index is 13.2. The minimum atomic E-state index is -0.505. The summed E-state index contributed by atoms with van der Waals surface area (Å²) in [4.78, 5) is 26.5. The van der Waals surface area contributed by atoms with Gasteiger partial charge in [-0.2, -0.15) is 5.10 Å². The van der Waals surface area contributed by atoms with Gasteiger partial charge in [-0.3, -0.25) is 4.79 Å². The van der Waals surface area contributed by atoms with Crippen LogP contribution in [-0.4, -0.2) is 51.9 Å². The standard InChI is InChI=1S/C20H23FN4O3/c1-13-17(14(2)25(23-13)16-6-4-15(21)5-7-16)18(26)24-10-3-8-20(9-11-24)12-22-19(27)28-20/h4-7H,3,8-12H2,1-2H3,(H,22,27). The first-order chi connectivity index (χ1) is 13.4. The van der Waals surface area contributed by atoms with Crippen molar-refractivity contribution in [3.05, 3.63) is 47.0 Å². The van der Waals surface area contributed by atoms with Gasteiger partial charge in [-0.1, -0.05) is 0 Å². The summed E-state index contributed by atoms with van der Waals surface area (Å²) in [5.74, 6) is -0.389. The summed E-state index contributed by atoms with van der Waals surface area (Å²) in [6, 6.07) is 6.03. The van der Waals surface area contributed by atoms with E-state index in [2.05, 4.69) is 10.4 Å². The molecule has 1 spiro atoms. The molecule has 0 aliphatic carbocycles. The van der Waals surface area contributed by atoms with Crippen molar-refractivity contribution in [2.75, 3.05) is 19.6 Å². The van der Waals surface area contributed by atoms with Crippen LogP contribution in [0.25, 0.3) is 5.69 Å². The number of hydrogen-bond donors (Lipinski definition) is 1. The summed E-state index contributed by atoms with van der Waals surface area (Å²) in [5, 5.41) is 7.22. The van der Waals surface area contributed by atoms with Gasteiger partial charge in [-0.05, 0) is 51.0 Å². The van der Waals surface area contributed by atoms with Crippen LogP contribution in [0.3, 0.4) is 0 Å². The lowest BCUT2D eigenvalue weighted by Gasteiger charge is -2.25. The predicted molar refractivity (Wildman–Crippen MR) is 100.0 cm³/mol. The summed E-state index contributed by atoms with van der Waals surface area (Å²) in [7, 11) is 0. The SMILES string of the molecule is Cc1nn(-c2ccc(F)cc2)c(C)c1C(=O)N1CCCC2(CC1)CNC(=O)O2. The first kappa shape index (κ1) is 18.5. The monoisotopic (exact) mass is 386 g/mol. The molecule has 1 aromatic heterocycles. The van der Waals surface area contributed by atoms with Gasteiger partial charge in [0.05, 0.1) is 29.2 Å². The second-order valence-electron chi connectivity index (χ2n) is 7.51. The molecule has 28 heavy (non-hydrogen) atoms. The van der Waals surface area contributed by atoms with Crippen molar-refractivity contribution < 1.29 is 18.7 Å². The van der Waals surface area contributed by atoms with E-state index in [1.807, 2.05) is 18.7 Å². The summed E-state index contributed by atoms with van der Waals surface area (Å²) in [6.45, 7) is 5.28. The molecule has 8 heteroatoms. The van der Waals surface area contributed by atoms with Gasteiger partial charge in [0.1, 0.15) is 11.4 Å². The van der Waals surface area contributed by atoms with E-state index in [4.69, 9.17) is 4.74 Å². The summed E-state index contributed by atoms with van der Waals surface area (Å²) < 4.78 is 20.4. The van der Waals surface area contributed by atoms with Gasteiger partial charge >= 0.3 is 6.09 Å². The normalized spacial score (nSPS) is 22.1. The highest BCUT2D eigenvalue weighted by molar-refractivity contribution is 5.96. The molecule has 148 valence electrons. The van der Waals surface area contributed by atoms with Gasteiger partial charge in [0.2, 0.25) is 0 Å². The van der Waals surface area contributed by atoms with Crippen molar-refractivity contribution in [1.82, 2.24) is 20.0 Å². The molecule has 2 aromatic rings. The zero-order valence-corrected chi connectivity index (χ0v) is 16.0. The topological polar surface area (TPSA) is 76.5 Å². The van der Waals surface area contributed by atoms with E-state index in [-0.39, 0.29) is 17.8 Å². The van der Waals surface area contributed by atoms with Gasteiger partial charge in [0.25, 0.3) is 5.91 Å². The molecule has 2 aliphatic rings. The Hall–Kier alpha value is -2.90. The highest BCUT2D eigenvalue weighted by Gasteiger charge is 2.42. The summed E-state index contributed by atoms with van der Waals surface area (Å²) >= 11 is 0. The fourth-order valence-electron chi connectivity index (χ4n) is 4.10. The Morgan fingerprint density at radius 3 is 2.64 bits per heavy atom. The van der Waals surface area contributed by atoms with E-state index in [1.54, 1.807) is 16.8 Å². The van der Waals surface area contributed by atoms with Crippen molar-refractivity contribution >= 4 is 12.0 Å². The minimum Gasteiger partial charge on any atom is -0.441 e. The molecule has 0 bridgehead atoms. The number of carbonyl (C=O) groups is 2. The Balaban J connectivity index is 1.56. The van der Waals surface area contributed by atoms with Crippen molar-refractivity contribution in [3.8, 4) is 5.69 Å². The number of alkyl carbamates (subject to hydrolysis) is 1. The van der Waals surface area contributed by atoms with Crippen molar-refractivity contribution in [1.29, 1.82) is 0 Å². The average Bonchev–Trinajstić information content (AvgIpc) is 3.08. The van der Waals surface area contributed by atoms with Crippen LogP contribution >= 0.6 is 0 Å². The lowest BCUT2D eigenvalue weighted by Crippen LogP contribution is -2.37. The van der Waals surface area contributed by atoms with Gasteiger partial charge in [0, 0.05) is 19.5 Å². The maximum absolute atomic E-state index is 13.2. The van der Waals surface area contributed by atoms with Gasteiger partial charge in [-0.15, -0.1) is 0 Å². The van der Waals surface area contributed by atoms with E-state index < -0.39 is 5.60 Å². The average molecular weight is 386 g/mol. The number of nitrogens with one attached hydrogen (secondary N) is 1. The number of amides is 2. The molecule has 4 rings (SSSR count). The molecular formula is C20H23FN4O3. The van der Waals surface area contributed by atoms with Crippen molar-refractivity contribution in [3.63, 3.8) is 0 Å². The minimum absolute atomic E-state index is 0.0716. The maximum Gasteiger partial charge on any atom is 0.407 e. The Labute approximate surface area is 162 Å². The summed E-state index contributed by atoms with van der Waals surface area (Å²) in [5.41, 5.74) is 2.14. The van der Waals surface area contributed by atoms with Crippen molar-refractivity contribution in [2.45, 2.75) is 38.7 Å². The Morgan fingerprint density at radius 1 is 1.21 bits per heavy atom. The van der Waals surface area contributed by atoms with Crippen LogP contribution in [0.2, 0.25) is 0 Å². The number of benzene rings is 1. The van der Waals surface area contributed by atoms with Crippen LogP contribution in [-0.2, 0) is 4.74 Å². The molecule has 2 aliphatic heterocycles. The highest BCUT2D eigenvalue weighted by Crippen LogP contribution is 2.30. The zero-order valence-electron chi connectivity index (χ0n) is 16.0. The van der Waals surface area contributed by atoms with Crippen LogP contribution in [0.5, 0.6) is 0 Å². The molecule has 2 amide bonds. The van der Waals surface area contributed by atoms with Crippen LogP contribution in [0.15, 0.2) is 24.3 Å². The summed E-state index contributed by atoms with van der Waals surface area (Å²) in [6.07, 6.45) is 1.74. The van der Waals surface area contributed by atoms with Gasteiger partial charge < -0.3 is 15.0 Å². The number of halogens is 1. The second kappa shape index (κ2) is 6.92. The quantitative estimate of drug-likeness (QED) is 0.861. The number of aryl methyl sites for hydroxylation is 1. The number of likely N-dealkylation sites (tertiary alicyclic amines) is 1. The zero-order chi connectivity index (χ0) is 19.9. The highest BCUT2D eigenvalue weighted by atomic mass is 19.1. The Bertz CT molecular complexity index is 924. The predicted octanol–water partition coefficient (Wildman–Crippen LogP) is 2.73. The lowest BCUT2D eigenvalue weighted by molar-refractivity contribution is 0.0438. The van der Waals surface area contributed by atoms with E-state index in [9.17, 15) is 14.0 Å². The third-order valence-electron chi connectivity index (χ3n) is 5.63. The van der Waals surface area contributed by atoms with E-state index in [0.29, 0.717) is 43.0 Å². The molecular weight excluding hydrogens is 363 g/mol. The van der Waals surface area contributed by atoms with Gasteiger partial charge in [-0.25, -0.2) is 13.9 Å². The number of rotatable bonds is 2. The molecule has 1 unspecified atom stereocenters. The molecule has 3 heterocycles. The van der Waals surface area contributed by atoms with Crippen LogP contribution < -0.4 is 5.32 Å². The molecule has 0 radical (unpaired) electrons. The first-order valence-electron chi connectivity index (χ1n) is 9.47. The largest absolute Gasteiger partial charge is 0.441 e. The van der Waals surface area contributed by atoms with Crippen molar-refractivity contribution in [2.24, 2.45) is 0 Å². The third-order valence-corrected chi connectivity index (χ3v) is 5.63. The van der Waals surface area contributed by atoms with Crippen LogP contribution in [0.4, 0.5) is 9.18 Å². The molecule has 2 saturated heterocycles.